The molecule has 3 rings (SSSR count). The average molecular weight is 441 g/mol. The minimum atomic E-state index is 0.0222. The highest BCUT2D eigenvalue weighted by atomic mass is 16.3. The lowest BCUT2D eigenvalue weighted by Gasteiger charge is -2.39. The molecule has 3 N–H and O–H groups in total. The number of carbonyl (C=O) groups is 1. The smallest absolute Gasteiger partial charge is 0.257 e. The Hall–Kier alpha value is -2.84. The predicted octanol–water partition coefficient (Wildman–Crippen LogP) is 1.97. The molecule has 1 unspecified atom stereocenters. The van der Waals surface area contributed by atoms with Gasteiger partial charge in [0.05, 0.1) is 11.8 Å². The first kappa shape index (κ1) is 23.8. The van der Waals surface area contributed by atoms with Crippen molar-refractivity contribution in [3.05, 3.63) is 60.2 Å². The Labute approximate surface area is 191 Å². The molecule has 1 atom stereocenters. The molecule has 0 radical (unpaired) electrons. The number of amidine groups is 1. The number of aliphatic imine (C=N–C) groups is 1. The number of carbonyl (C=O) groups excluding carboxylic acids is 1. The Bertz CT molecular complexity index is 835. The lowest BCUT2D eigenvalue weighted by Crippen LogP contribution is -2.59. The molecule has 0 saturated carbocycles. The van der Waals surface area contributed by atoms with Crippen LogP contribution in [-0.4, -0.2) is 80.6 Å². The number of nitrogens with zero attached hydrogens (tertiary/aromatic N) is 3. The van der Waals surface area contributed by atoms with E-state index in [1.807, 2.05) is 11.9 Å². The van der Waals surface area contributed by atoms with Crippen molar-refractivity contribution in [2.75, 3.05) is 52.9 Å². The highest BCUT2D eigenvalue weighted by molar-refractivity contribution is 6.03. The Kier molecular flexibility index (Phi) is 9.13. The Morgan fingerprint density at radius 2 is 2.16 bits per heavy atom. The molecule has 32 heavy (non-hydrogen) atoms. The molecule has 0 bridgehead atoms. The molecule has 0 aromatic carbocycles. The fraction of sp³-hybridized carbons (Fsp3) is 0.500. The average Bonchev–Trinajstić information content (AvgIpc) is 3.33. The van der Waals surface area contributed by atoms with E-state index in [0.717, 1.165) is 62.7 Å². The van der Waals surface area contributed by atoms with Gasteiger partial charge < -0.3 is 25.3 Å². The minimum Gasteiger partial charge on any atom is -0.472 e. The highest BCUT2D eigenvalue weighted by Crippen LogP contribution is 2.15. The molecule has 1 amide bonds. The van der Waals surface area contributed by atoms with Gasteiger partial charge in [-0.3, -0.25) is 14.7 Å². The molecular weight excluding hydrogens is 404 g/mol. The molecule has 8 heteroatoms. The molecule has 0 spiro atoms. The number of amides is 1. The van der Waals surface area contributed by atoms with E-state index >= 15 is 0 Å². The van der Waals surface area contributed by atoms with Crippen LogP contribution in [0.2, 0.25) is 0 Å². The third kappa shape index (κ3) is 6.58. The van der Waals surface area contributed by atoms with Crippen molar-refractivity contribution >= 4 is 11.7 Å². The van der Waals surface area contributed by atoms with Crippen molar-refractivity contribution in [1.82, 2.24) is 25.8 Å². The van der Waals surface area contributed by atoms with Gasteiger partial charge in [0.2, 0.25) is 0 Å². The second-order valence-corrected chi connectivity index (χ2v) is 8.03. The van der Waals surface area contributed by atoms with Crippen LogP contribution >= 0.6 is 0 Å². The SMILES string of the molecule is C=C1NC(CN2CCN(C(=O)c3ccoc3)CC2)NC(=NCCCNC)/C1=C/C=C\CC. The Morgan fingerprint density at radius 3 is 2.84 bits per heavy atom. The van der Waals surface area contributed by atoms with Gasteiger partial charge in [0.25, 0.3) is 5.91 Å². The highest BCUT2D eigenvalue weighted by Gasteiger charge is 2.28. The summed E-state index contributed by atoms with van der Waals surface area (Å²) in [6.07, 6.45) is 11.3. The van der Waals surface area contributed by atoms with E-state index in [9.17, 15) is 4.79 Å². The van der Waals surface area contributed by atoms with E-state index in [-0.39, 0.29) is 12.1 Å². The van der Waals surface area contributed by atoms with Gasteiger partial charge in [0.15, 0.2) is 0 Å². The number of rotatable bonds is 9. The van der Waals surface area contributed by atoms with E-state index in [4.69, 9.17) is 9.41 Å². The molecule has 1 aromatic rings. The second kappa shape index (κ2) is 12.3. The lowest BCUT2D eigenvalue weighted by atomic mass is 10.1. The summed E-state index contributed by atoms with van der Waals surface area (Å²) in [7, 11) is 1.96. The van der Waals surface area contributed by atoms with Crippen LogP contribution in [0.1, 0.15) is 30.1 Å². The van der Waals surface area contributed by atoms with Crippen molar-refractivity contribution < 1.29 is 9.21 Å². The van der Waals surface area contributed by atoms with E-state index in [0.29, 0.717) is 18.7 Å². The molecule has 174 valence electrons. The largest absolute Gasteiger partial charge is 0.472 e. The fourth-order valence-corrected chi connectivity index (χ4v) is 3.82. The van der Waals surface area contributed by atoms with Crippen molar-refractivity contribution in [1.29, 1.82) is 0 Å². The van der Waals surface area contributed by atoms with Crippen molar-refractivity contribution in [3.63, 3.8) is 0 Å². The summed E-state index contributed by atoms with van der Waals surface area (Å²) in [6, 6.07) is 1.72. The van der Waals surface area contributed by atoms with Gasteiger partial charge in [0.1, 0.15) is 18.3 Å². The lowest BCUT2D eigenvalue weighted by molar-refractivity contribution is 0.0623. The number of hydrogen-bond acceptors (Lipinski definition) is 6. The van der Waals surface area contributed by atoms with Gasteiger partial charge in [-0.05, 0) is 38.6 Å². The Balaban J connectivity index is 1.57. The Morgan fingerprint density at radius 1 is 1.34 bits per heavy atom. The fourth-order valence-electron chi connectivity index (χ4n) is 3.82. The zero-order valence-corrected chi connectivity index (χ0v) is 19.3. The first-order valence-corrected chi connectivity index (χ1v) is 11.4. The zero-order chi connectivity index (χ0) is 22.8. The molecule has 2 fully saturated rings. The number of piperazine rings is 1. The topological polar surface area (TPSA) is 85.1 Å². The van der Waals surface area contributed by atoms with Crippen molar-refractivity contribution in [2.24, 2.45) is 4.99 Å². The monoisotopic (exact) mass is 440 g/mol. The van der Waals surface area contributed by atoms with Crippen LogP contribution in [0.3, 0.4) is 0 Å². The van der Waals surface area contributed by atoms with Crippen LogP contribution in [0.15, 0.2) is 64.1 Å². The molecular formula is C24H36N6O2. The van der Waals surface area contributed by atoms with Crippen LogP contribution in [0, 0.1) is 0 Å². The summed E-state index contributed by atoms with van der Waals surface area (Å²) in [4.78, 5) is 21.6. The molecule has 2 aliphatic rings. The molecule has 0 aliphatic carbocycles. The zero-order valence-electron chi connectivity index (χ0n) is 19.3. The van der Waals surface area contributed by atoms with Gasteiger partial charge >= 0.3 is 0 Å². The summed E-state index contributed by atoms with van der Waals surface area (Å²) < 4.78 is 5.04. The van der Waals surface area contributed by atoms with Crippen LogP contribution in [-0.2, 0) is 0 Å². The van der Waals surface area contributed by atoms with Crippen molar-refractivity contribution in [3.8, 4) is 0 Å². The van der Waals surface area contributed by atoms with Crippen LogP contribution < -0.4 is 16.0 Å². The van der Waals surface area contributed by atoms with Crippen molar-refractivity contribution in [2.45, 2.75) is 25.9 Å². The molecule has 8 nitrogen and oxygen atoms in total. The van der Waals surface area contributed by atoms with Gasteiger partial charge in [0, 0.05) is 50.5 Å². The summed E-state index contributed by atoms with van der Waals surface area (Å²) in [6.45, 7) is 11.9. The van der Waals surface area contributed by atoms with Gasteiger partial charge in [-0.1, -0.05) is 25.7 Å². The van der Waals surface area contributed by atoms with Crippen LogP contribution in [0.25, 0.3) is 0 Å². The van der Waals surface area contributed by atoms with Crippen LogP contribution in [0.5, 0.6) is 0 Å². The second-order valence-electron chi connectivity index (χ2n) is 8.03. The molecule has 3 heterocycles. The molecule has 2 aliphatic heterocycles. The number of allylic oxidation sites excluding steroid dienone is 3. The summed E-state index contributed by atoms with van der Waals surface area (Å²) in [5.41, 5.74) is 2.50. The van der Waals surface area contributed by atoms with Gasteiger partial charge in [-0.15, -0.1) is 0 Å². The third-order valence-electron chi connectivity index (χ3n) is 5.60. The summed E-state index contributed by atoms with van der Waals surface area (Å²) in [5.74, 6) is 0.927. The molecule has 1 aromatic heterocycles. The standard InChI is InChI=1S/C24H36N6O2/c1-4-5-6-8-21-19(2)27-22(28-23(21)26-11-7-10-25-3)17-29-12-14-30(15-13-29)24(31)20-9-16-32-18-20/h5-6,8-9,16,18,22,25,27H,2,4,7,10-15,17H2,1,3H3,(H,26,28)/b6-5-,21-8+. The number of furan rings is 1. The predicted molar refractivity (Wildman–Crippen MR) is 129 cm³/mol. The first-order chi connectivity index (χ1) is 15.6. The summed E-state index contributed by atoms with van der Waals surface area (Å²) in [5, 5.41) is 10.2. The van der Waals surface area contributed by atoms with E-state index in [2.05, 4.69) is 52.6 Å². The summed E-state index contributed by atoms with van der Waals surface area (Å²) >= 11 is 0. The van der Waals surface area contributed by atoms with Crippen LogP contribution in [0.4, 0.5) is 0 Å². The maximum Gasteiger partial charge on any atom is 0.257 e. The number of hydrogen-bond donors (Lipinski definition) is 3. The first-order valence-electron chi connectivity index (χ1n) is 11.4. The van der Waals surface area contributed by atoms with Gasteiger partial charge in [-0.25, -0.2) is 0 Å². The van der Waals surface area contributed by atoms with E-state index < -0.39 is 0 Å². The minimum absolute atomic E-state index is 0.0222. The van der Waals surface area contributed by atoms with E-state index in [1.54, 1.807) is 6.07 Å². The number of nitrogens with one attached hydrogen (secondary N) is 3. The molecule has 2 saturated heterocycles. The van der Waals surface area contributed by atoms with Gasteiger partial charge in [-0.2, -0.15) is 0 Å². The third-order valence-corrected chi connectivity index (χ3v) is 5.60. The van der Waals surface area contributed by atoms with E-state index in [1.165, 1.54) is 12.5 Å². The maximum absolute atomic E-state index is 12.5. The maximum atomic E-state index is 12.5. The normalized spacial score (nSPS) is 22.5. The quantitative estimate of drug-likeness (QED) is 0.509.